The first-order valence-electron chi connectivity index (χ1n) is 6.51. The van der Waals surface area contributed by atoms with Crippen molar-refractivity contribution < 1.29 is 4.79 Å². The van der Waals surface area contributed by atoms with Gasteiger partial charge >= 0.3 is 0 Å². The Labute approximate surface area is 121 Å². The molecule has 3 aromatic rings. The Morgan fingerprint density at radius 3 is 2.38 bits per heavy atom. The zero-order valence-corrected chi connectivity index (χ0v) is 11.4. The average Bonchev–Trinajstić information content (AvgIpc) is 2.87. The predicted molar refractivity (Wildman–Crippen MR) is 79.6 cm³/mol. The van der Waals surface area contributed by atoms with Crippen LogP contribution < -0.4 is 5.56 Å². The minimum absolute atomic E-state index is 0.250. The summed E-state index contributed by atoms with van der Waals surface area (Å²) in [6, 6.07) is 14.5. The molecular weight excluding hydrogens is 266 g/mol. The van der Waals surface area contributed by atoms with Gasteiger partial charge in [0.05, 0.1) is 5.56 Å². The quantitative estimate of drug-likeness (QED) is 0.723. The van der Waals surface area contributed by atoms with Gasteiger partial charge in [0.15, 0.2) is 5.82 Å². The van der Waals surface area contributed by atoms with Gasteiger partial charge < -0.3 is 0 Å². The molecule has 21 heavy (non-hydrogen) atoms. The molecule has 5 heteroatoms. The molecule has 2 aromatic heterocycles. The predicted octanol–water partition coefficient (Wildman–Crippen LogP) is 2.36. The van der Waals surface area contributed by atoms with Gasteiger partial charge in [0.2, 0.25) is 5.91 Å². The molecule has 0 N–H and O–H groups in total. The van der Waals surface area contributed by atoms with Crippen LogP contribution in [0.4, 0.5) is 0 Å². The van der Waals surface area contributed by atoms with Gasteiger partial charge in [-0.2, -0.15) is 4.68 Å². The van der Waals surface area contributed by atoms with E-state index >= 15 is 0 Å². The van der Waals surface area contributed by atoms with Crippen LogP contribution in [0.3, 0.4) is 0 Å². The van der Waals surface area contributed by atoms with Crippen molar-refractivity contribution in [2.24, 2.45) is 0 Å². The Kier molecular flexibility index (Phi) is 3.23. The second-order valence-corrected chi connectivity index (χ2v) is 4.58. The number of carbonyl (C=O) groups excluding carboxylic acids is 1. The molecular formula is C16H13N3O2. The fourth-order valence-electron chi connectivity index (χ4n) is 2.19. The van der Waals surface area contributed by atoms with Crippen LogP contribution >= 0.6 is 0 Å². The van der Waals surface area contributed by atoms with Crippen molar-refractivity contribution >= 4 is 5.91 Å². The lowest BCUT2D eigenvalue weighted by molar-refractivity contribution is 0.0911. The maximum Gasteiger partial charge on any atom is 0.281 e. The Balaban J connectivity index is 2.28. The third-order valence-corrected chi connectivity index (χ3v) is 3.16. The SMILES string of the molecule is CC(=O)n1cc(-c2ccccc2)c(=O)n1-c1ccccn1. The first kappa shape index (κ1) is 13.1. The van der Waals surface area contributed by atoms with Crippen LogP contribution in [0.1, 0.15) is 11.7 Å². The summed E-state index contributed by atoms with van der Waals surface area (Å²) in [5, 5.41) is 0. The van der Waals surface area contributed by atoms with Gasteiger partial charge in [0.25, 0.3) is 5.56 Å². The number of pyridine rings is 1. The van der Waals surface area contributed by atoms with Crippen LogP contribution in [0.2, 0.25) is 0 Å². The Hall–Kier alpha value is -2.95. The van der Waals surface area contributed by atoms with Crippen LogP contribution in [0.5, 0.6) is 0 Å². The number of carbonyl (C=O) groups is 1. The second-order valence-electron chi connectivity index (χ2n) is 4.58. The van der Waals surface area contributed by atoms with Crippen LogP contribution in [0, 0.1) is 0 Å². The van der Waals surface area contributed by atoms with E-state index in [1.165, 1.54) is 16.3 Å². The van der Waals surface area contributed by atoms with E-state index in [0.717, 1.165) is 5.56 Å². The molecule has 0 unspecified atom stereocenters. The van der Waals surface area contributed by atoms with E-state index < -0.39 is 0 Å². The number of aromatic nitrogens is 3. The van der Waals surface area contributed by atoms with Crippen molar-refractivity contribution in [3.63, 3.8) is 0 Å². The summed E-state index contributed by atoms with van der Waals surface area (Å²) in [4.78, 5) is 28.6. The average molecular weight is 279 g/mol. The van der Waals surface area contributed by atoms with E-state index in [0.29, 0.717) is 11.4 Å². The van der Waals surface area contributed by atoms with E-state index in [2.05, 4.69) is 4.98 Å². The van der Waals surface area contributed by atoms with Crippen molar-refractivity contribution in [2.75, 3.05) is 0 Å². The van der Waals surface area contributed by atoms with Crippen LogP contribution in [-0.2, 0) is 0 Å². The third kappa shape index (κ3) is 2.29. The summed E-state index contributed by atoms with van der Waals surface area (Å²) in [5.41, 5.74) is 0.971. The lowest BCUT2D eigenvalue weighted by atomic mass is 10.1. The van der Waals surface area contributed by atoms with Crippen molar-refractivity contribution in [1.82, 2.24) is 14.3 Å². The van der Waals surface area contributed by atoms with Crippen molar-refractivity contribution in [2.45, 2.75) is 6.92 Å². The molecule has 0 fully saturated rings. The van der Waals surface area contributed by atoms with Gasteiger partial charge in [0, 0.05) is 19.3 Å². The van der Waals surface area contributed by atoms with Crippen LogP contribution in [-0.4, -0.2) is 20.3 Å². The van der Waals surface area contributed by atoms with Crippen LogP contribution in [0.25, 0.3) is 16.9 Å². The molecule has 0 aliphatic heterocycles. The van der Waals surface area contributed by atoms with Gasteiger partial charge in [-0.25, -0.2) is 9.67 Å². The normalized spacial score (nSPS) is 10.5. The summed E-state index contributed by atoms with van der Waals surface area (Å²) < 4.78 is 2.57. The highest BCUT2D eigenvalue weighted by Gasteiger charge is 2.16. The molecule has 0 aliphatic rings. The number of hydrogen-bond acceptors (Lipinski definition) is 3. The Morgan fingerprint density at radius 2 is 1.76 bits per heavy atom. The standard InChI is InChI=1S/C16H13N3O2/c1-12(20)18-11-14(13-7-3-2-4-8-13)16(21)19(18)15-9-5-6-10-17-15/h2-11H,1H3. The number of hydrogen-bond donors (Lipinski definition) is 0. The van der Waals surface area contributed by atoms with Gasteiger partial charge in [-0.15, -0.1) is 0 Å². The van der Waals surface area contributed by atoms with Crippen molar-refractivity contribution in [3.05, 3.63) is 71.3 Å². The molecule has 0 atom stereocenters. The minimum Gasteiger partial charge on any atom is -0.273 e. The topological polar surface area (TPSA) is 56.9 Å². The molecule has 0 bridgehead atoms. The molecule has 5 nitrogen and oxygen atoms in total. The number of rotatable bonds is 2. The molecule has 0 saturated carbocycles. The molecule has 1 aromatic carbocycles. The highest BCUT2D eigenvalue weighted by molar-refractivity contribution is 5.77. The first-order chi connectivity index (χ1) is 10.2. The smallest absolute Gasteiger partial charge is 0.273 e. The van der Waals surface area contributed by atoms with Crippen molar-refractivity contribution in [1.29, 1.82) is 0 Å². The monoisotopic (exact) mass is 279 g/mol. The number of nitrogens with zero attached hydrogens (tertiary/aromatic N) is 3. The molecule has 0 aliphatic carbocycles. The van der Waals surface area contributed by atoms with E-state index in [1.807, 2.05) is 30.3 Å². The maximum atomic E-state index is 12.6. The molecule has 0 amide bonds. The summed E-state index contributed by atoms with van der Waals surface area (Å²) in [6.45, 7) is 1.41. The molecule has 0 saturated heterocycles. The summed E-state index contributed by atoms with van der Waals surface area (Å²) in [5.74, 6) is 0.166. The van der Waals surface area contributed by atoms with E-state index in [4.69, 9.17) is 0 Å². The lowest BCUT2D eigenvalue weighted by Gasteiger charge is -2.06. The molecule has 104 valence electrons. The molecule has 0 radical (unpaired) electrons. The molecule has 2 heterocycles. The van der Waals surface area contributed by atoms with E-state index in [9.17, 15) is 9.59 Å². The highest BCUT2D eigenvalue weighted by atomic mass is 16.2. The fourth-order valence-corrected chi connectivity index (χ4v) is 2.19. The Bertz CT molecular complexity index is 833. The van der Waals surface area contributed by atoms with Crippen LogP contribution in [0.15, 0.2) is 65.7 Å². The second kappa shape index (κ2) is 5.20. The summed E-state index contributed by atoms with van der Waals surface area (Å²) >= 11 is 0. The third-order valence-electron chi connectivity index (χ3n) is 3.16. The summed E-state index contributed by atoms with van der Waals surface area (Å²) in [6.07, 6.45) is 3.14. The fraction of sp³-hybridized carbons (Fsp3) is 0.0625. The zero-order valence-electron chi connectivity index (χ0n) is 11.4. The maximum absolute atomic E-state index is 12.6. The highest BCUT2D eigenvalue weighted by Crippen LogP contribution is 2.16. The van der Waals surface area contributed by atoms with Crippen molar-refractivity contribution in [3.8, 4) is 16.9 Å². The lowest BCUT2D eigenvalue weighted by Crippen LogP contribution is -2.25. The number of benzene rings is 1. The Morgan fingerprint density at radius 1 is 1.05 bits per heavy atom. The van der Waals surface area contributed by atoms with Gasteiger partial charge in [-0.05, 0) is 17.7 Å². The van der Waals surface area contributed by atoms with Gasteiger partial charge in [0.1, 0.15) is 0 Å². The van der Waals surface area contributed by atoms with Gasteiger partial charge in [-0.1, -0.05) is 36.4 Å². The first-order valence-corrected chi connectivity index (χ1v) is 6.51. The molecule has 0 spiro atoms. The largest absolute Gasteiger partial charge is 0.281 e. The summed E-state index contributed by atoms with van der Waals surface area (Å²) in [7, 11) is 0. The molecule has 3 rings (SSSR count). The van der Waals surface area contributed by atoms with Gasteiger partial charge in [-0.3, -0.25) is 9.59 Å². The zero-order chi connectivity index (χ0) is 14.8. The van der Waals surface area contributed by atoms with E-state index in [1.54, 1.807) is 30.6 Å². The van der Waals surface area contributed by atoms with E-state index in [-0.39, 0.29) is 11.5 Å². The minimum atomic E-state index is -0.268.